The molecule has 1 aromatic rings. The van der Waals surface area contributed by atoms with Gasteiger partial charge in [0, 0.05) is 0 Å². The van der Waals surface area contributed by atoms with Crippen LogP contribution in [0.1, 0.15) is 5.76 Å². The fraction of sp³-hybridized carbons (Fsp3) is 0.333. The number of hydrogen-bond donors (Lipinski definition) is 0. The minimum absolute atomic E-state index is 0.0763. The van der Waals surface area contributed by atoms with E-state index in [1.54, 1.807) is 6.07 Å². The van der Waals surface area contributed by atoms with Gasteiger partial charge in [-0.2, -0.15) is 8.78 Å². The van der Waals surface area contributed by atoms with Crippen LogP contribution >= 0.6 is 0 Å². The van der Waals surface area contributed by atoms with E-state index in [1.165, 1.54) is 12.3 Å². The van der Waals surface area contributed by atoms with Crippen LogP contribution in [0.3, 0.4) is 0 Å². The van der Waals surface area contributed by atoms with E-state index in [2.05, 4.69) is 0 Å². The molecule has 0 aliphatic rings. The Bertz CT molecular complexity index is 321. The van der Waals surface area contributed by atoms with E-state index in [4.69, 9.17) is 8.84 Å². The van der Waals surface area contributed by atoms with Crippen LogP contribution in [0.25, 0.3) is 5.76 Å². The summed E-state index contributed by atoms with van der Waals surface area (Å²) in [5.41, 5.74) is 0. The Kier molecular flexibility index (Phi) is 3.10. The first-order valence-corrected chi connectivity index (χ1v) is 7.59. The largest absolute Gasteiger partial charge is 0.538 e. The van der Waals surface area contributed by atoms with E-state index in [9.17, 15) is 8.78 Å². The van der Waals surface area contributed by atoms with Gasteiger partial charge in [0.2, 0.25) is 14.1 Å². The zero-order valence-electron chi connectivity index (χ0n) is 8.30. The van der Waals surface area contributed by atoms with E-state index in [0.717, 1.165) is 0 Å². The van der Waals surface area contributed by atoms with Crippen molar-refractivity contribution >= 4 is 14.1 Å². The zero-order valence-corrected chi connectivity index (χ0v) is 9.30. The van der Waals surface area contributed by atoms with Crippen molar-refractivity contribution in [3.8, 4) is 0 Å². The summed E-state index contributed by atoms with van der Waals surface area (Å²) >= 11 is 0. The summed E-state index contributed by atoms with van der Waals surface area (Å²) in [4.78, 5) is 0. The molecular weight excluding hydrogens is 206 g/mol. The lowest BCUT2D eigenvalue weighted by atomic mass is 10.4. The predicted molar refractivity (Wildman–Crippen MR) is 52.3 cm³/mol. The second-order valence-electron chi connectivity index (χ2n) is 3.78. The lowest BCUT2D eigenvalue weighted by Crippen LogP contribution is -2.24. The molecule has 5 heteroatoms. The zero-order chi connectivity index (χ0) is 10.8. The second-order valence-corrected chi connectivity index (χ2v) is 8.21. The van der Waals surface area contributed by atoms with Gasteiger partial charge in [0.25, 0.3) is 0 Å². The Morgan fingerprint density at radius 2 is 2.00 bits per heavy atom. The first-order chi connectivity index (χ1) is 6.40. The van der Waals surface area contributed by atoms with Gasteiger partial charge in [-0.15, -0.1) is 0 Å². The topological polar surface area (TPSA) is 22.4 Å². The van der Waals surface area contributed by atoms with Gasteiger partial charge < -0.3 is 8.84 Å². The fourth-order valence-electron chi connectivity index (χ4n) is 0.896. The van der Waals surface area contributed by atoms with E-state index < -0.39 is 20.2 Å². The molecule has 0 saturated heterocycles. The molecule has 0 amide bonds. The molecule has 0 aromatic carbocycles. The molecule has 2 nitrogen and oxygen atoms in total. The Morgan fingerprint density at radius 3 is 2.36 bits per heavy atom. The predicted octanol–water partition coefficient (Wildman–Crippen LogP) is 3.70. The van der Waals surface area contributed by atoms with Gasteiger partial charge >= 0.3 is 6.08 Å². The summed E-state index contributed by atoms with van der Waals surface area (Å²) in [5, 5.41) is 0. The van der Waals surface area contributed by atoms with Crippen molar-refractivity contribution in [1.82, 2.24) is 0 Å². The van der Waals surface area contributed by atoms with Crippen molar-refractivity contribution in [2.45, 2.75) is 19.6 Å². The minimum atomic E-state index is -2.04. The quantitative estimate of drug-likeness (QED) is 0.570. The molecule has 0 bridgehead atoms. The first kappa shape index (κ1) is 11.0. The molecule has 0 fully saturated rings. The molecule has 1 heterocycles. The lowest BCUT2D eigenvalue weighted by Gasteiger charge is -2.19. The Labute approximate surface area is 82.3 Å². The highest BCUT2D eigenvalue weighted by atomic mass is 28.4. The van der Waals surface area contributed by atoms with Crippen LogP contribution in [-0.2, 0) is 4.43 Å². The van der Waals surface area contributed by atoms with Crippen molar-refractivity contribution in [1.29, 1.82) is 0 Å². The van der Waals surface area contributed by atoms with Crippen LogP contribution in [0.15, 0.2) is 28.9 Å². The third-order valence-electron chi connectivity index (χ3n) is 1.32. The SMILES string of the molecule is C[Si](C)(C)OC(=C(F)F)c1ccco1. The summed E-state index contributed by atoms with van der Waals surface area (Å²) in [7, 11) is -2.04. The maximum atomic E-state index is 12.5. The van der Waals surface area contributed by atoms with Crippen LogP contribution in [-0.4, -0.2) is 8.32 Å². The average Bonchev–Trinajstić information content (AvgIpc) is 2.49. The standard InChI is InChI=1S/C9H12F2O2Si/c1-14(2,3)13-8(9(10)11)7-5-4-6-12-7/h4-6H,1-3H3. The van der Waals surface area contributed by atoms with Crippen molar-refractivity contribution < 1.29 is 17.6 Å². The highest BCUT2D eigenvalue weighted by Crippen LogP contribution is 2.26. The lowest BCUT2D eigenvalue weighted by molar-refractivity contribution is 0.371. The molecular formula is C9H12F2O2Si. The van der Waals surface area contributed by atoms with Crippen molar-refractivity contribution in [3.05, 3.63) is 30.2 Å². The molecule has 0 N–H and O–H groups in total. The van der Waals surface area contributed by atoms with E-state index >= 15 is 0 Å². The Hall–Kier alpha value is -1.10. The number of hydrogen-bond acceptors (Lipinski definition) is 2. The maximum absolute atomic E-state index is 12.5. The van der Waals surface area contributed by atoms with Gasteiger partial charge in [-0.1, -0.05) is 0 Å². The monoisotopic (exact) mass is 218 g/mol. The molecule has 14 heavy (non-hydrogen) atoms. The third-order valence-corrected chi connectivity index (χ3v) is 2.14. The number of halogens is 2. The average molecular weight is 218 g/mol. The Balaban J connectivity index is 2.95. The molecule has 0 aliphatic heterocycles. The molecule has 0 aliphatic carbocycles. The molecule has 0 saturated carbocycles. The Morgan fingerprint density at radius 1 is 1.36 bits per heavy atom. The number of furan rings is 1. The third kappa shape index (κ3) is 2.99. The van der Waals surface area contributed by atoms with Crippen LogP contribution in [0.2, 0.25) is 19.6 Å². The molecule has 0 unspecified atom stereocenters. The van der Waals surface area contributed by atoms with Gasteiger partial charge in [0.1, 0.15) is 0 Å². The second kappa shape index (κ2) is 3.96. The van der Waals surface area contributed by atoms with Crippen LogP contribution in [0.4, 0.5) is 8.78 Å². The van der Waals surface area contributed by atoms with Gasteiger partial charge in [0.05, 0.1) is 6.26 Å². The summed E-state index contributed by atoms with van der Waals surface area (Å²) in [6.45, 7) is 5.50. The summed E-state index contributed by atoms with van der Waals surface area (Å²) in [6.07, 6.45) is -0.506. The normalized spacial score (nSPS) is 11.2. The van der Waals surface area contributed by atoms with E-state index in [0.29, 0.717) is 0 Å². The van der Waals surface area contributed by atoms with Gasteiger partial charge in [-0.25, -0.2) is 0 Å². The van der Waals surface area contributed by atoms with Crippen molar-refractivity contribution in [2.75, 3.05) is 0 Å². The summed E-state index contributed by atoms with van der Waals surface area (Å²) in [6, 6.07) is 3.00. The molecule has 1 aromatic heterocycles. The van der Waals surface area contributed by atoms with E-state index in [1.807, 2.05) is 19.6 Å². The number of rotatable bonds is 3. The fourth-order valence-corrected chi connectivity index (χ4v) is 1.69. The highest BCUT2D eigenvalue weighted by molar-refractivity contribution is 6.70. The molecule has 1 rings (SSSR count). The van der Waals surface area contributed by atoms with Crippen LogP contribution in [0.5, 0.6) is 0 Å². The first-order valence-electron chi connectivity index (χ1n) is 4.18. The molecule has 0 radical (unpaired) electrons. The van der Waals surface area contributed by atoms with Crippen molar-refractivity contribution in [2.24, 2.45) is 0 Å². The van der Waals surface area contributed by atoms with Gasteiger partial charge in [-0.3, -0.25) is 0 Å². The minimum Gasteiger partial charge on any atom is -0.538 e. The van der Waals surface area contributed by atoms with Crippen LogP contribution in [0, 0.1) is 0 Å². The van der Waals surface area contributed by atoms with Crippen molar-refractivity contribution in [3.63, 3.8) is 0 Å². The smallest absolute Gasteiger partial charge is 0.314 e. The maximum Gasteiger partial charge on any atom is 0.314 e. The summed E-state index contributed by atoms with van der Waals surface area (Å²) in [5.74, 6) is -0.360. The van der Waals surface area contributed by atoms with E-state index in [-0.39, 0.29) is 5.76 Å². The van der Waals surface area contributed by atoms with Gasteiger partial charge in [0.15, 0.2) is 5.76 Å². The molecule has 78 valence electrons. The van der Waals surface area contributed by atoms with Crippen LogP contribution < -0.4 is 0 Å². The van der Waals surface area contributed by atoms with Gasteiger partial charge in [-0.05, 0) is 31.8 Å². The summed E-state index contributed by atoms with van der Waals surface area (Å²) < 4.78 is 35.1. The molecule has 0 spiro atoms. The highest BCUT2D eigenvalue weighted by Gasteiger charge is 2.23. The molecule has 0 atom stereocenters.